The fourth-order valence-corrected chi connectivity index (χ4v) is 2.11. The van der Waals surface area contributed by atoms with Gasteiger partial charge in [-0.05, 0) is 39.7 Å². The topological polar surface area (TPSA) is 65.1 Å². The van der Waals surface area contributed by atoms with Gasteiger partial charge in [-0.15, -0.1) is 0 Å². The van der Waals surface area contributed by atoms with Crippen LogP contribution in [-0.4, -0.2) is 29.0 Å². The van der Waals surface area contributed by atoms with Crippen molar-refractivity contribution in [3.05, 3.63) is 17.5 Å². The molecule has 0 saturated heterocycles. The van der Waals surface area contributed by atoms with Crippen LogP contribution in [0.2, 0.25) is 0 Å². The molecule has 3 N–H and O–H groups in total. The maximum Gasteiger partial charge on any atom is 0.0596 e. The Morgan fingerprint density at radius 1 is 1.50 bits per heavy atom. The minimum Gasteiger partial charge on any atom is -0.382 e. The highest BCUT2D eigenvalue weighted by molar-refractivity contribution is 5.10. The van der Waals surface area contributed by atoms with Crippen LogP contribution < -0.4 is 11.3 Å². The molecule has 18 heavy (non-hydrogen) atoms. The maximum atomic E-state index is 5.61. The predicted molar refractivity (Wildman–Crippen MR) is 73.2 cm³/mol. The number of nitrogens with two attached hydrogens (primary N) is 1. The SMILES string of the molecule is CCOCCCC(Cc1cc(C)nn1CC)NN. The van der Waals surface area contributed by atoms with Crippen molar-refractivity contribution < 1.29 is 4.74 Å². The third kappa shape index (κ3) is 4.76. The Morgan fingerprint density at radius 2 is 2.28 bits per heavy atom. The van der Waals surface area contributed by atoms with E-state index in [0.717, 1.165) is 44.7 Å². The van der Waals surface area contributed by atoms with Gasteiger partial charge >= 0.3 is 0 Å². The van der Waals surface area contributed by atoms with E-state index in [1.807, 2.05) is 18.5 Å². The number of ether oxygens (including phenoxy) is 1. The Labute approximate surface area is 110 Å². The van der Waals surface area contributed by atoms with Crippen LogP contribution in [0.3, 0.4) is 0 Å². The highest BCUT2D eigenvalue weighted by atomic mass is 16.5. The number of nitrogens with zero attached hydrogens (tertiary/aromatic N) is 2. The van der Waals surface area contributed by atoms with E-state index in [1.54, 1.807) is 0 Å². The van der Waals surface area contributed by atoms with E-state index in [-0.39, 0.29) is 6.04 Å². The van der Waals surface area contributed by atoms with Crippen LogP contribution in [0, 0.1) is 6.92 Å². The Hall–Kier alpha value is -0.910. The highest BCUT2D eigenvalue weighted by Gasteiger charge is 2.11. The first-order valence-corrected chi connectivity index (χ1v) is 6.78. The van der Waals surface area contributed by atoms with Crippen LogP contribution in [0.4, 0.5) is 0 Å². The van der Waals surface area contributed by atoms with Crippen LogP contribution in [-0.2, 0) is 17.7 Å². The van der Waals surface area contributed by atoms with E-state index in [1.165, 1.54) is 5.69 Å². The highest BCUT2D eigenvalue weighted by Crippen LogP contribution is 2.09. The van der Waals surface area contributed by atoms with Gasteiger partial charge in [0.1, 0.15) is 0 Å². The second-order valence-corrected chi connectivity index (χ2v) is 4.50. The van der Waals surface area contributed by atoms with Crippen molar-refractivity contribution in [3.8, 4) is 0 Å². The molecule has 0 bridgehead atoms. The van der Waals surface area contributed by atoms with Crippen molar-refractivity contribution in [1.29, 1.82) is 0 Å². The number of nitrogens with one attached hydrogen (secondary N) is 1. The number of rotatable bonds is 9. The molecule has 0 fully saturated rings. The zero-order valence-corrected chi connectivity index (χ0v) is 11.8. The molecule has 1 atom stereocenters. The quantitative estimate of drug-likeness (QED) is 0.397. The normalized spacial score (nSPS) is 12.9. The summed E-state index contributed by atoms with van der Waals surface area (Å²) in [6.07, 6.45) is 2.96. The Balaban J connectivity index is 2.46. The second-order valence-electron chi connectivity index (χ2n) is 4.50. The molecule has 1 rings (SSSR count). The zero-order valence-electron chi connectivity index (χ0n) is 11.8. The lowest BCUT2D eigenvalue weighted by molar-refractivity contribution is 0.140. The molecule has 0 aliphatic heterocycles. The summed E-state index contributed by atoms with van der Waals surface area (Å²) in [6.45, 7) is 8.63. The summed E-state index contributed by atoms with van der Waals surface area (Å²) in [5.41, 5.74) is 5.20. The minimum atomic E-state index is 0.284. The Bertz CT molecular complexity index is 338. The van der Waals surface area contributed by atoms with Gasteiger partial charge in [-0.2, -0.15) is 5.10 Å². The molecule has 1 aromatic rings. The number of hydrogen-bond acceptors (Lipinski definition) is 4. The molecular weight excluding hydrogens is 228 g/mol. The molecule has 1 aromatic heterocycles. The van der Waals surface area contributed by atoms with Gasteiger partial charge < -0.3 is 4.74 Å². The monoisotopic (exact) mass is 254 g/mol. The number of hydrogen-bond donors (Lipinski definition) is 2. The van der Waals surface area contributed by atoms with Crippen molar-refractivity contribution in [1.82, 2.24) is 15.2 Å². The first-order valence-electron chi connectivity index (χ1n) is 6.78. The molecule has 0 aliphatic carbocycles. The summed E-state index contributed by atoms with van der Waals surface area (Å²) in [6, 6.07) is 2.42. The smallest absolute Gasteiger partial charge is 0.0596 e. The minimum absolute atomic E-state index is 0.284. The summed E-state index contributed by atoms with van der Waals surface area (Å²) >= 11 is 0. The first-order chi connectivity index (χ1) is 8.71. The molecule has 0 spiro atoms. The van der Waals surface area contributed by atoms with E-state index >= 15 is 0 Å². The third-order valence-corrected chi connectivity index (χ3v) is 3.02. The lowest BCUT2D eigenvalue weighted by Crippen LogP contribution is -2.37. The number of aromatic nitrogens is 2. The van der Waals surface area contributed by atoms with Gasteiger partial charge in [0.25, 0.3) is 0 Å². The summed E-state index contributed by atoms with van der Waals surface area (Å²) in [4.78, 5) is 0. The lowest BCUT2D eigenvalue weighted by atomic mass is 10.1. The van der Waals surface area contributed by atoms with Crippen LogP contribution >= 0.6 is 0 Å². The van der Waals surface area contributed by atoms with Crippen LogP contribution in [0.1, 0.15) is 38.1 Å². The van der Waals surface area contributed by atoms with E-state index < -0.39 is 0 Å². The fraction of sp³-hybridized carbons (Fsp3) is 0.769. The zero-order chi connectivity index (χ0) is 13.4. The van der Waals surface area contributed by atoms with Gasteiger partial charge in [-0.25, -0.2) is 0 Å². The van der Waals surface area contributed by atoms with Crippen molar-refractivity contribution in [2.24, 2.45) is 5.84 Å². The molecule has 104 valence electrons. The third-order valence-electron chi connectivity index (χ3n) is 3.02. The average Bonchev–Trinajstić information content (AvgIpc) is 2.73. The summed E-state index contributed by atoms with van der Waals surface area (Å²) in [7, 11) is 0. The standard InChI is InChI=1S/C13H26N4O/c1-4-17-13(9-11(3)16-17)10-12(15-14)7-6-8-18-5-2/h9,12,15H,4-8,10,14H2,1-3H3. The van der Waals surface area contributed by atoms with E-state index in [4.69, 9.17) is 10.6 Å². The van der Waals surface area contributed by atoms with Gasteiger partial charge in [-0.3, -0.25) is 16.0 Å². The van der Waals surface area contributed by atoms with Gasteiger partial charge in [-0.1, -0.05) is 0 Å². The lowest BCUT2D eigenvalue weighted by Gasteiger charge is -2.16. The average molecular weight is 254 g/mol. The molecular formula is C13H26N4O. The van der Waals surface area contributed by atoms with E-state index in [2.05, 4.69) is 23.5 Å². The van der Waals surface area contributed by atoms with Crippen molar-refractivity contribution in [2.75, 3.05) is 13.2 Å². The molecule has 0 radical (unpaired) electrons. The predicted octanol–water partition coefficient (Wildman–Crippen LogP) is 1.40. The molecule has 0 aliphatic rings. The maximum absolute atomic E-state index is 5.61. The second kappa shape index (κ2) is 8.24. The molecule has 0 amide bonds. The summed E-state index contributed by atoms with van der Waals surface area (Å²) in [5.74, 6) is 5.61. The van der Waals surface area contributed by atoms with Crippen molar-refractivity contribution in [2.45, 2.75) is 52.6 Å². The van der Waals surface area contributed by atoms with Gasteiger partial charge in [0, 0.05) is 37.9 Å². The number of hydrazine groups is 1. The molecule has 0 saturated carbocycles. The summed E-state index contributed by atoms with van der Waals surface area (Å²) < 4.78 is 7.39. The van der Waals surface area contributed by atoms with Crippen LogP contribution in [0.15, 0.2) is 6.07 Å². The summed E-state index contributed by atoms with van der Waals surface area (Å²) in [5, 5.41) is 4.45. The molecule has 1 unspecified atom stereocenters. The largest absolute Gasteiger partial charge is 0.382 e. The van der Waals surface area contributed by atoms with E-state index in [0.29, 0.717) is 0 Å². The van der Waals surface area contributed by atoms with Crippen LogP contribution in [0.5, 0.6) is 0 Å². The van der Waals surface area contributed by atoms with E-state index in [9.17, 15) is 0 Å². The van der Waals surface area contributed by atoms with Gasteiger partial charge in [0.15, 0.2) is 0 Å². The molecule has 5 nitrogen and oxygen atoms in total. The number of aryl methyl sites for hydroxylation is 2. The first kappa shape index (κ1) is 15.1. The molecule has 1 heterocycles. The van der Waals surface area contributed by atoms with Crippen molar-refractivity contribution in [3.63, 3.8) is 0 Å². The fourth-order valence-electron chi connectivity index (χ4n) is 2.11. The Morgan fingerprint density at radius 3 is 2.89 bits per heavy atom. The molecule has 5 heteroatoms. The molecule has 0 aromatic carbocycles. The van der Waals surface area contributed by atoms with Gasteiger partial charge in [0.2, 0.25) is 0 Å². The Kier molecular flexibility index (Phi) is 6.93. The van der Waals surface area contributed by atoms with Gasteiger partial charge in [0.05, 0.1) is 5.69 Å². The van der Waals surface area contributed by atoms with Crippen LogP contribution in [0.25, 0.3) is 0 Å². The van der Waals surface area contributed by atoms with Crippen molar-refractivity contribution >= 4 is 0 Å².